The van der Waals surface area contributed by atoms with Crippen LogP contribution >= 0.6 is 11.6 Å². The SMILES string of the molecule is C[C@@H](NC(=O)c1ccc(Cl)cc1)C(=O)O. The van der Waals surface area contributed by atoms with E-state index in [0.717, 1.165) is 0 Å². The number of hydrogen-bond donors (Lipinski definition) is 2. The summed E-state index contributed by atoms with van der Waals surface area (Å²) in [5.41, 5.74) is 0.382. The number of carboxylic acids is 1. The van der Waals surface area contributed by atoms with Crippen molar-refractivity contribution in [2.24, 2.45) is 0 Å². The van der Waals surface area contributed by atoms with Gasteiger partial charge in [-0.1, -0.05) is 11.6 Å². The fourth-order valence-electron chi connectivity index (χ4n) is 0.943. The van der Waals surface area contributed by atoms with Crippen LogP contribution < -0.4 is 5.32 Å². The topological polar surface area (TPSA) is 66.4 Å². The maximum atomic E-state index is 11.5. The molecule has 0 fully saturated rings. The van der Waals surface area contributed by atoms with Crippen LogP contribution in [-0.4, -0.2) is 23.0 Å². The molecule has 5 heteroatoms. The Morgan fingerprint density at radius 3 is 2.33 bits per heavy atom. The van der Waals surface area contributed by atoms with Gasteiger partial charge in [0.25, 0.3) is 5.91 Å². The Hall–Kier alpha value is -1.55. The van der Waals surface area contributed by atoms with Crippen molar-refractivity contribution in [2.45, 2.75) is 13.0 Å². The molecule has 1 rings (SSSR count). The first-order valence-electron chi connectivity index (χ1n) is 4.30. The number of carbonyl (C=O) groups excluding carboxylic acids is 1. The van der Waals surface area contributed by atoms with Crippen LogP contribution in [0.15, 0.2) is 24.3 Å². The van der Waals surface area contributed by atoms with E-state index >= 15 is 0 Å². The van der Waals surface area contributed by atoms with Gasteiger partial charge in [-0.2, -0.15) is 0 Å². The predicted octanol–water partition coefficient (Wildman–Crippen LogP) is 1.54. The molecule has 0 saturated heterocycles. The first-order valence-corrected chi connectivity index (χ1v) is 4.67. The van der Waals surface area contributed by atoms with Gasteiger partial charge >= 0.3 is 5.97 Å². The third kappa shape index (κ3) is 3.25. The van der Waals surface area contributed by atoms with Crippen LogP contribution in [0.4, 0.5) is 0 Å². The van der Waals surface area contributed by atoms with Crippen LogP contribution in [0.2, 0.25) is 5.02 Å². The van der Waals surface area contributed by atoms with Gasteiger partial charge in [-0.15, -0.1) is 0 Å². The number of benzene rings is 1. The van der Waals surface area contributed by atoms with E-state index in [9.17, 15) is 9.59 Å². The number of hydrogen-bond acceptors (Lipinski definition) is 2. The van der Waals surface area contributed by atoms with Crippen molar-refractivity contribution in [1.82, 2.24) is 5.32 Å². The van der Waals surface area contributed by atoms with Crippen molar-refractivity contribution in [2.75, 3.05) is 0 Å². The molecular weight excluding hydrogens is 218 g/mol. The molecule has 1 amide bonds. The molecule has 0 aromatic heterocycles. The summed E-state index contributed by atoms with van der Waals surface area (Å²) >= 11 is 5.65. The normalized spacial score (nSPS) is 11.9. The molecule has 0 unspecified atom stereocenters. The molecule has 1 aromatic carbocycles. The summed E-state index contributed by atoms with van der Waals surface area (Å²) in [7, 11) is 0. The lowest BCUT2D eigenvalue weighted by atomic mass is 10.2. The molecule has 0 aliphatic carbocycles. The zero-order chi connectivity index (χ0) is 11.4. The lowest BCUT2D eigenvalue weighted by Gasteiger charge is -2.08. The Bertz CT molecular complexity index is 375. The molecule has 4 nitrogen and oxygen atoms in total. The lowest BCUT2D eigenvalue weighted by Crippen LogP contribution is -2.38. The Balaban J connectivity index is 2.69. The monoisotopic (exact) mass is 227 g/mol. The summed E-state index contributed by atoms with van der Waals surface area (Å²) in [4.78, 5) is 21.9. The van der Waals surface area contributed by atoms with E-state index in [2.05, 4.69) is 5.32 Å². The zero-order valence-electron chi connectivity index (χ0n) is 8.03. The molecular formula is C10H10ClNO3. The van der Waals surface area contributed by atoms with E-state index in [1.165, 1.54) is 19.1 Å². The zero-order valence-corrected chi connectivity index (χ0v) is 8.78. The number of nitrogens with one attached hydrogen (secondary N) is 1. The molecule has 1 aromatic rings. The maximum absolute atomic E-state index is 11.5. The van der Waals surface area contributed by atoms with E-state index in [1.54, 1.807) is 12.1 Å². The highest BCUT2D eigenvalue weighted by atomic mass is 35.5. The van der Waals surface area contributed by atoms with Crippen molar-refractivity contribution in [3.05, 3.63) is 34.9 Å². The Kier molecular flexibility index (Phi) is 3.68. The molecule has 15 heavy (non-hydrogen) atoms. The summed E-state index contributed by atoms with van der Waals surface area (Å²) in [6.07, 6.45) is 0. The maximum Gasteiger partial charge on any atom is 0.325 e. The van der Waals surface area contributed by atoms with E-state index in [-0.39, 0.29) is 0 Å². The largest absolute Gasteiger partial charge is 0.480 e. The van der Waals surface area contributed by atoms with Crippen LogP contribution in [-0.2, 0) is 4.79 Å². The van der Waals surface area contributed by atoms with Crippen molar-refractivity contribution >= 4 is 23.5 Å². The van der Waals surface area contributed by atoms with Crippen LogP contribution in [0, 0.1) is 0 Å². The highest BCUT2D eigenvalue weighted by Crippen LogP contribution is 2.09. The third-order valence-electron chi connectivity index (χ3n) is 1.82. The molecule has 0 saturated carbocycles. The smallest absolute Gasteiger partial charge is 0.325 e. The standard InChI is InChI=1S/C10H10ClNO3/c1-6(10(14)15)12-9(13)7-2-4-8(11)5-3-7/h2-6H,1H3,(H,12,13)(H,14,15)/t6-/m1/s1. The Morgan fingerprint density at radius 2 is 1.87 bits per heavy atom. The van der Waals surface area contributed by atoms with Gasteiger partial charge in [-0.3, -0.25) is 9.59 Å². The molecule has 0 heterocycles. The average Bonchev–Trinajstić information content (AvgIpc) is 2.18. The second kappa shape index (κ2) is 4.79. The summed E-state index contributed by atoms with van der Waals surface area (Å²) < 4.78 is 0. The fourth-order valence-corrected chi connectivity index (χ4v) is 1.07. The fraction of sp³-hybridized carbons (Fsp3) is 0.200. The number of amides is 1. The summed E-state index contributed by atoms with van der Waals surface area (Å²) in [5, 5.41) is 11.4. The van der Waals surface area contributed by atoms with Crippen molar-refractivity contribution < 1.29 is 14.7 Å². The third-order valence-corrected chi connectivity index (χ3v) is 2.08. The second-order valence-corrected chi connectivity index (χ2v) is 3.48. The second-order valence-electron chi connectivity index (χ2n) is 3.04. The number of carbonyl (C=O) groups is 2. The Morgan fingerprint density at radius 1 is 1.33 bits per heavy atom. The summed E-state index contributed by atoms with van der Waals surface area (Å²) in [6, 6.07) is 5.30. The molecule has 0 radical (unpaired) electrons. The average molecular weight is 228 g/mol. The molecule has 0 spiro atoms. The van der Waals surface area contributed by atoms with Gasteiger partial charge in [-0.05, 0) is 31.2 Å². The minimum absolute atomic E-state index is 0.382. The van der Waals surface area contributed by atoms with E-state index in [1.807, 2.05) is 0 Å². The highest BCUT2D eigenvalue weighted by Gasteiger charge is 2.14. The quantitative estimate of drug-likeness (QED) is 0.823. The summed E-state index contributed by atoms with van der Waals surface area (Å²) in [6.45, 7) is 1.40. The van der Waals surface area contributed by atoms with E-state index < -0.39 is 17.9 Å². The number of rotatable bonds is 3. The molecule has 2 N–H and O–H groups in total. The number of halogens is 1. The van der Waals surface area contributed by atoms with Crippen molar-refractivity contribution in [3.63, 3.8) is 0 Å². The molecule has 80 valence electrons. The summed E-state index contributed by atoms with van der Waals surface area (Å²) in [5.74, 6) is -1.50. The first kappa shape index (κ1) is 11.5. The lowest BCUT2D eigenvalue weighted by molar-refractivity contribution is -0.138. The van der Waals surface area contributed by atoms with Gasteiger partial charge in [-0.25, -0.2) is 0 Å². The minimum atomic E-state index is -1.07. The van der Waals surface area contributed by atoms with Gasteiger partial charge < -0.3 is 10.4 Å². The van der Waals surface area contributed by atoms with Gasteiger partial charge in [0, 0.05) is 10.6 Å². The molecule has 0 aliphatic rings. The number of carboxylic acid groups (broad SMARTS) is 1. The van der Waals surface area contributed by atoms with E-state index in [4.69, 9.17) is 16.7 Å². The van der Waals surface area contributed by atoms with Crippen LogP contribution in [0.5, 0.6) is 0 Å². The number of aliphatic carboxylic acids is 1. The highest BCUT2D eigenvalue weighted by molar-refractivity contribution is 6.30. The Labute approximate surface area is 91.9 Å². The van der Waals surface area contributed by atoms with Gasteiger partial charge in [0.05, 0.1) is 0 Å². The van der Waals surface area contributed by atoms with Crippen molar-refractivity contribution in [3.8, 4) is 0 Å². The van der Waals surface area contributed by atoms with Crippen molar-refractivity contribution in [1.29, 1.82) is 0 Å². The molecule has 0 bridgehead atoms. The van der Waals surface area contributed by atoms with Gasteiger partial charge in [0.1, 0.15) is 6.04 Å². The minimum Gasteiger partial charge on any atom is -0.480 e. The van der Waals surface area contributed by atoms with Crippen LogP contribution in [0.25, 0.3) is 0 Å². The molecule has 0 aliphatic heterocycles. The van der Waals surface area contributed by atoms with Crippen LogP contribution in [0.3, 0.4) is 0 Å². The first-order chi connectivity index (χ1) is 7.00. The van der Waals surface area contributed by atoms with Gasteiger partial charge in [0.2, 0.25) is 0 Å². The molecule has 1 atom stereocenters. The van der Waals surface area contributed by atoms with Gasteiger partial charge in [0.15, 0.2) is 0 Å². The van der Waals surface area contributed by atoms with Crippen LogP contribution in [0.1, 0.15) is 17.3 Å². The van der Waals surface area contributed by atoms with E-state index in [0.29, 0.717) is 10.6 Å². The predicted molar refractivity (Wildman–Crippen MR) is 56.0 cm³/mol.